The van der Waals surface area contributed by atoms with Gasteiger partial charge in [-0.3, -0.25) is 0 Å². The van der Waals surface area contributed by atoms with Gasteiger partial charge in [0.25, 0.3) is 0 Å². The van der Waals surface area contributed by atoms with Gasteiger partial charge in [-0.2, -0.15) is 0 Å². The number of nitrogens with zero attached hydrogens (tertiary/aromatic N) is 1. The number of rotatable bonds is 6. The van der Waals surface area contributed by atoms with Gasteiger partial charge in [0.15, 0.2) is 0 Å². The van der Waals surface area contributed by atoms with Crippen LogP contribution in [0.25, 0.3) is 97.4 Å². The van der Waals surface area contributed by atoms with Gasteiger partial charge in [0.2, 0.25) is 0 Å². The third-order valence-corrected chi connectivity index (χ3v) is 10.3. The van der Waals surface area contributed by atoms with Crippen LogP contribution >= 0.6 is 11.3 Å². The van der Waals surface area contributed by atoms with Gasteiger partial charge in [-0.25, -0.2) is 0 Å². The summed E-state index contributed by atoms with van der Waals surface area (Å²) in [6.07, 6.45) is 0. The fraction of sp³-hybridized carbons (Fsp3) is 0. The second-order valence-electron chi connectivity index (χ2n) is 12.3. The van der Waals surface area contributed by atoms with Gasteiger partial charge < -0.3 is 13.7 Å². The van der Waals surface area contributed by atoms with E-state index in [1.165, 1.54) is 0 Å². The summed E-state index contributed by atoms with van der Waals surface area (Å²) in [7, 11) is 0. The molecule has 0 atom stereocenters. The highest BCUT2D eigenvalue weighted by Crippen LogP contribution is 2.49. The molecule has 0 N–H and O–H groups in total. The zero-order valence-electron chi connectivity index (χ0n) is 61.7. The van der Waals surface area contributed by atoms with Gasteiger partial charge in [0, 0.05) is 64.4 Å². The van der Waals surface area contributed by atoms with Crippen LogP contribution in [0.3, 0.4) is 0 Å². The number of hydrogen-bond donors (Lipinski definition) is 0. The van der Waals surface area contributed by atoms with Crippen LogP contribution in [0.1, 0.15) is 45.2 Å². The zero-order chi connectivity index (χ0) is 66.9. The molecule has 0 saturated carbocycles. The number of benzene rings is 9. The second kappa shape index (κ2) is 13.1. The summed E-state index contributed by atoms with van der Waals surface area (Å²) in [5, 5.41) is -3.29. The molecule has 0 unspecified atom stereocenters. The standard InChI is InChI=1S/C54H33NO2S/c1-2-14-35(15-3-1)55(36-30-28-34(29-31-36)37-21-12-22-42-40-18-6-9-25-48(40)56-52(37)42)47-33-32-43(53-51(47)46-20-7-10-26-49(46)57-53)38-16-4-5-17-39(38)44-23-13-24-45-41-19-8-11-27-50(41)58-54(44)45/h1-33H/i1D,2D,3D,4D,5D,6D,7D,8D,9D,10D,11D,12D,13D,14D,15D,16D,17D,18D,19D,20D,21D,22D,23D,24D,25D,26D,27D,28D,29D,30D,31D,32D,33D. The molecule has 0 aliphatic carbocycles. The van der Waals surface area contributed by atoms with Gasteiger partial charge in [-0.15, -0.1) is 11.3 Å². The molecule has 0 aliphatic heterocycles. The van der Waals surface area contributed by atoms with Crippen LogP contribution in [0.4, 0.5) is 17.1 Å². The average Bonchev–Trinajstić information content (AvgIpc) is 1.66. The first-order valence-electron chi connectivity index (χ1n) is 33.4. The third-order valence-electron chi connectivity index (χ3n) is 9.18. The fourth-order valence-electron chi connectivity index (χ4n) is 6.74. The molecule has 0 amide bonds. The molecule has 0 spiro atoms. The predicted molar refractivity (Wildman–Crippen MR) is 245 cm³/mol. The molecule has 0 saturated heterocycles. The quantitative estimate of drug-likeness (QED) is 0.168. The summed E-state index contributed by atoms with van der Waals surface area (Å²) in [5.41, 5.74) is -11.4. The number of furan rings is 2. The first kappa shape index (κ1) is 13.9. The molecule has 272 valence electrons. The first-order chi connectivity index (χ1) is 42.5. The molecular weight excluding hydrogens is 727 g/mol. The van der Waals surface area contributed by atoms with E-state index in [-0.39, 0.29) is 20.2 Å². The lowest BCUT2D eigenvalue weighted by Gasteiger charge is -2.27. The van der Waals surface area contributed by atoms with Crippen molar-refractivity contribution in [1.29, 1.82) is 0 Å². The van der Waals surface area contributed by atoms with Gasteiger partial charge in [-0.1, -0.05) is 145 Å². The Bertz CT molecular complexity index is 5420. The van der Waals surface area contributed by atoms with Gasteiger partial charge in [-0.05, 0) is 71.1 Å². The molecule has 4 heteroatoms. The van der Waals surface area contributed by atoms with Crippen molar-refractivity contribution in [1.82, 2.24) is 0 Å². The van der Waals surface area contributed by atoms with E-state index < -0.39 is 294 Å². The summed E-state index contributed by atoms with van der Waals surface area (Å²) in [6, 6.07) is -32.9. The molecule has 0 aliphatic rings. The SMILES string of the molecule is [2H]c1c([2H])c([2H])c(N(c2c([2H])c([2H])c(-c3c([2H])c([2H])c([2H])c4c3oc3c([2H])c([2H])c([2H])c([2H])c34)c([2H])c2[2H])c2c([2H])c([2H])c(-c3c([2H])c([2H])c([2H])c([2H])c3-c3c([2H])c([2H])c([2H])c4c3sc3c([2H])c([2H])c([2H])c([2H])c34)c3oc4c([2H])c([2H])c([2H])c([2H])c4c23)c([2H])c1[2H]. The van der Waals surface area contributed by atoms with E-state index in [0.717, 1.165) is 0 Å². The lowest BCUT2D eigenvalue weighted by Crippen LogP contribution is -2.10. The molecule has 12 rings (SSSR count). The van der Waals surface area contributed by atoms with E-state index in [9.17, 15) is 16.4 Å². The third kappa shape index (κ3) is 5.05. The number of fused-ring (bicyclic) bond motifs is 9. The molecule has 3 aromatic heterocycles. The van der Waals surface area contributed by atoms with Crippen molar-refractivity contribution in [2.75, 3.05) is 4.90 Å². The van der Waals surface area contributed by atoms with E-state index in [2.05, 4.69) is 0 Å². The summed E-state index contributed by atoms with van der Waals surface area (Å²) >= 11 is 0.552. The average molecular weight is 793 g/mol. The van der Waals surface area contributed by atoms with Crippen LogP contribution in [0.15, 0.2) is 208 Å². The summed E-state index contributed by atoms with van der Waals surface area (Å²) in [5.74, 6) is 0. The Morgan fingerprint density at radius 3 is 1.76 bits per heavy atom. The largest absolute Gasteiger partial charge is 0.455 e. The summed E-state index contributed by atoms with van der Waals surface area (Å²) in [6.45, 7) is 0. The molecule has 3 nitrogen and oxygen atoms in total. The maximum Gasteiger partial charge on any atom is 0.145 e. The zero-order valence-corrected chi connectivity index (χ0v) is 29.5. The van der Waals surface area contributed by atoms with Gasteiger partial charge >= 0.3 is 0 Å². The maximum atomic E-state index is 10.2. The minimum Gasteiger partial charge on any atom is -0.455 e. The van der Waals surface area contributed by atoms with Gasteiger partial charge in [0.05, 0.1) is 56.3 Å². The monoisotopic (exact) mass is 792 g/mol. The van der Waals surface area contributed by atoms with Crippen LogP contribution in [-0.4, -0.2) is 0 Å². The van der Waals surface area contributed by atoms with E-state index in [1.54, 1.807) is 0 Å². The molecular formula is C54H33NO2S. The highest BCUT2D eigenvalue weighted by molar-refractivity contribution is 7.26. The van der Waals surface area contributed by atoms with Crippen LogP contribution in [0.2, 0.25) is 0 Å². The summed E-state index contributed by atoms with van der Waals surface area (Å²) < 4.78 is 312. The minimum absolute atomic E-state index is 0.216. The molecule has 0 radical (unpaired) electrons. The van der Waals surface area contributed by atoms with Crippen molar-refractivity contribution in [3.63, 3.8) is 0 Å². The fourth-order valence-corrected chi connectivity index (χ4v) is 7.81. The maximum absolute atomic E-state index is 10.2. The Hall–Kier alpha value is -7.40. The Morgan fingerprint density at radius 1 is 0.379 bits per heavy atom. The molecule has 9 aromatic carbocycles. The van der Waals surface area contributed by atoms with Crippen LogP contribution in [0, 0.1) is 0 Å². The van der Waals surface area contributed by atoms with Crippen molar-refractivity contribution < 1.29 is 54.1 Å². The lowest BCUT2D eigenvalue weighted by molar-refractivity contribution is 0.669. The molecule has 0 bridgehead atoms. The molecule has 58 heavy (non-hydrogen) atoms. The van der Waals surface area contributed by atoms with Crippen molar-refractivity contribution in [3.05, 3.63) is 199 Å². The Morgan fingerprint density at radius 2 is 0.948 bits per heavy atom. The van der Waals surface area contributed by atoms with Crippen LogP contribution < -0.4 is 4.90 Å². The van der Waals surface area contributed by atoms with Crippen molar-refractivity contribution in [2.45, 2.75) is 0 Å². The molecule has 12 aromatic rings. The number of thiophene rings is 1. The number of para-hydroxylation sites is 4. The first-order valence-corrected chi connectivity index (χ1v) is 17.7. The highest BCUT2D eigenvalue weighted by atomic mass is 32.1. The van der Waals surface area contributed by atoms with Gasteiger partial charge in [0.1, 0.15) is 22.3 Å². The van der Waals surface area contributed by atoms with Crippen LogP contribution in [-0.2, 0) is 0 Å². The Balaban J connectivity index is 1.29. The van der Waals surface area contributed by atoms with Crippen molar-refractivity contribution in [3.8, 4) is 33.4 Å². The van der Waals surface area contributed by atoms with Crippen molar-refractivity contribution >= 4 is 92.4 Å². The van der Waals surface area contributed by atoms with E-state index in [1.807, 2.05) is 0 Å². The Labute approximate surface area is 384 Å². The molecule has 3 heterocycles. The van der Waals surface area contributed by atoms with Crippen LogP contribution in [0.5, 0.6) is 0 Å². The number of hydrogen-bond acceptors (Lipinski definition) is 4. The topological polar surface area (TPSA) is 29.5 Å². The Kier molecular flexibility index (Phi) is 3.14. The predicted octanol–water partition coefficient (Wildman–Crippen LogP) is 16.3. The molecule has 0 fully saturated rings. The lowest BCUT2D eigenvalue weighted by atomic mass is 9.92. The highest BCUT2D eigenvalue weighted by Gasteiger charge is 2.24. The number of anilines is 3. The minimum atomic E-state index is -1.31. The second-order valence-corrected chi connectivity index (χ2v) is 13.3. The summed E-state index contributed by atoms with van der Waals surface area (Å²) in [4.78, 5) is 0.389. The normalized spacial score (nSPS) is 19.8. The van der Waals surface area contributed by atoms with E-state index >= 15 is 0 Å². The smallest absolute Gasteiger partial charge is 0.145 e. The van der Waals surface area contributed by atoms with E-state index in [0.29, 0.717) is 16.2 Å². The van der Waals surface area contributed by atoms with E-state index in [4.69, 9.17) is 37.6 Å². The van der Waals surface area contributed by atoms with Crippen molar-refractivity contribution in [2.24, 2.45) is 0 Å².